The number of carboxylic acid groups (broad SMARTS) is 1. The van der Waals surface area contributed by atoms with Crippen molar-refractivity contribution in [2.24, 2.45) is 7.05 Å². The lowest BCUT2D eigenvalue weighted by Crippen LogP contribution is -2.30. The van der Waals surface area contributed by atoms with Gasteiger partial charge in [0, 0.05) is 18.7 Å². The number of aromatic nitrogens is 2. The monoisotopic (exact) mass is 209 g/mol. The van der Waals surface area contributed by atoms with Gasteiger partial charge in [0.15, 0.2) is 0 Å². The van der Waals surface area contributed by atoms with Gasteiger partial charge in [-0.3, -0.25) is 9.48 Å². The second kappa shape index (κ2) is 3.25. The third-order valence-corrected chi connectivity index (χ3v) is 2.89. The number of carboxylic acids is 1. The number of aliphatic carboxylic acids is 1. The first-order valence-electron chi connectivity index (χ1n) is 5.03. The van der Waals surface area contributed by atoms with Crippen LogP contribution in [0, 0.1) is 6.92 Å². The molecule has 0 bridgehead atoms. The highest BCUT2D eigenvalue weighted by atomic mass is 16.4. The lowest BCUT2D eigenvalue weighted by molar-refractivity contribution is -0.139. The molecule has 0 radical (unpaired) electrons. The SMILES string of the molecule is Cc1nn(C)c2c1[C@H](C(=O)O)C[C@H](C)N2. The van der Waals surface area contributed by atoms with Crippen molar-refractivity contribution >= 4 is 11.8 Å². The Morgan fingerprint density at radius 2 is 2.33 bits per heavy atom. The molecule has 82 valence electrons. The molecule has 0 spiro atoms. The van der Waals surface area contributed by atoms with Crippen molar-refractivity contribution < 1.29 is 9.90 Å². The van der Waals surface area contributed by atoms with Crippen LogP contribution in [0.25, 0.3) is 0 Å². The summed E-state index contributed by atoms with van der Waals surface area (Å²) in [4.78, 5) is 11.2. The molecular formula is C10H15N3O2. The Hall–Kier alpha value is -1.52. The first-order chi connectivity index (χ1) is 7.00. The van der Waals surface area contributed by atoms with Crippen LogP contribution in [0.1, 0.15) is 30.5 Å². The number of rotatable bonds is 1. The van der Waals surface area contributed by atoms with Gasteiger partial charge in [-0.1, -0.05) is 0 Å². The molecule has 5 nitrogen and oxygen atoms in total. The molecule has 0 aliphatic carbocycles. The van der Waals surface area contributed by atoms with Gasteiger partial charge in [0.1, 0.15) is 5.82 Å². The summed E-state index contributed by atoms with van der Waals surface area (Å²) >= 11 is 0. The number of carbonyl (C=O) groups is 1. The molecule has 5 heteroatoms. The number of nitrogens with one attached hydrogen (secondary N) is 1. The van der Waals surface area contributed by atoms with Crippen molar-refractivity contribution in [3.05, 3.63) is 11.3 Å². The fourth-order valence-electron chi connectivity index (χ4n) is 2.25. The van der Waals surface area contributed by atoms with Crippen molar-refractivity contribution in [2.45, 2.75) is 32.2 Å². The van der Waals surface area contributed by atoms with Crippen LogP contribution >= 0.6 is 0 Å². The molecule has 2 atom stereocenters. The van der Waals surface area contributed by atoms with Crippen LogP contribution in [0.5, 0.6) is 0 Å². The van der Waals surface area contributed by atoms with Gasteiger partial charge in [-0.2, -0.15) is 5.10 Å². The molecule has 2 N–H and O–H groups in total. The van der Waals surface area contributed by atoms with Crippen LogP contribution in [0.15, 0.2) is 0 Å². The molecule has 1 aromatic rings. The van der Waals surface area contributed by atoms with Crippen LogP contribution in [-0.2, 0) is 11.8 Å². The Kier molecular flexibility index (Phi) is 2.17. The zero-order valence-corrected chi connectivity index (χ0v) is 9.11. The van der Waals surface area contributed by atoms with Gasteiger partial charge in [-0.25, -0.2) is 0 Å². The average Bonchev–Trinajstić information content (AvgIpc) is 2.41. The van der Waals surface area contributed by atoms with Crippen LogP contribution in [0.4, 0.5) is 5.82 Å². The van der Waals surface area contributed by atoms with E-state index in [-0.39, 0.29) is 6.04 Å². The minimum Gasteiger partial charge on any atom is -0.481 e. The quantitative estimate of drug-likeness (QED) is 0.726. The van der Waals surface area contributed by atoms with Gasteiger partial charge < -0.3 is 10.4 Å². The molecule has 0 saturated carbocycles. The van der Waals surface area contributed by atoms with Crippen molar-refractivity contribution in [3.8, 4) is 0 Å². The number of fused-ring (bicyclic) bond motifs is 1. The fourth-order valence-corrected chi connectivity index (χ4v) is 2.25. The maximum absolute atomic E-state index is 11.2. The highest BCUT2D eigenvalue weighted by Gasteiger charge is 2.33. The summed E-state index contributed by atoms with van der Waals surface area (Å²) in [6, 6.07) is 0.174. The van der Waals surface area contributed by atoms with E-state index < -0.39 is 11.9 Å². The first kappa shape index (κ1) is 10.0. The summed E-state index contributed by atoms with van der Waals surface area (Å²) in [5.41, 5.74) is 1.64. The predicted octanol–water partition coefficient (Wildman–Crippen LogP) is 1.10. The van der Waals surface area contributed by atoms with Crippen LogP contribution in [-0.4, -0.2) is 26.9 Å². The third-order valence-electron chi connectivity index (χ3n) is 2.89. The van der Waals surface area contributed by atoms with Crippen molar-refractivity contribution in [1.82, 2.24) is 9.78 Å². The summed E-state index contributed by atoms with van der Waals surface area (Å²) in [5.74, 6) is -0.343. The second-order valence-corrected chi connectivity index (χ2v) is 4.14. The molecule has 15 heavy (non-hydrogen) atoms. The number of anilines is 1. The van der Waals surface area contributed by atoms with Crippen molar-refractivity contribution in [2.75, 3.05) is 5.32 Å². The molecule has 0 amide bonds. The van der Waals surface area contributed by atoms with Gasteiger partial charge >= 0.3 is 5.97 Å². The van der Waals surface area contributed by atoms with E-state index in [9.17, 15) is 9.90 Å². The Bertz CT molecular complexity index is 411. The molecule has 0 aromatic carbocycles. The Labute approximate surface area is 88.1 Å². The number of aryl methyl sites for hydroxylation is 2. The molecule has 2 heterocycles. The molecule has 0 unspecified atom stereocenters. The third kappa shape index (κ3) is 1.48. The van der Waals surface area contributed by atoms with E-state index in [0.717, 1.165) is 17.1 Å². The fraction of sp³-hybridized carbons (Fsp3) is 0.600. The van der Waals surface area contributed by atoms with Crippen molar-refractivity contribution in [1.29, 1.82) is 0 Å². The van der Waals surface area contributed by atoms with Gasteiger partial charge in [0.25, 0.3) is 0 Å². The predicted molar refractivity (Wildman–Crippen MR) is 56.0 cm³/mol. The molecule has 1 aliphatic rings. The molecule has 1 aliphatic heterocycles. The van der Waals surface area contributed by atoms with Gasteiger partial charge in [0.05, 0.1) is 11.6 Å². The highest BCUT2D eigenvalue weighted by molar-refractivity contribution is 5.80. The van der Waals surface area contributed by atoms with Crippen LogP contribution < -0.4 is 5.32 Å². The van der Waals surface area contributed by atoms with E-state index in [1.807, 2.05) is 20.9 Å². The lowest BCUT2D eigenvalue weighted by atomic mass is 9.89. The summed E-state index contributed by atoms with van der Waals surface area (Å²) in [7, 11) is 1.83. The van der Waals surface area contributed by atoms with E-state index in [4.69, 9.17) is 0 Å². The summed E-state index contributed by atoms with van der Waals surface area (Å²) in [5, 5.41) is 16.7. The number of hydrogen-bond donors (Lipinski definition) is 2. The first-order valence-corrected chi connectivity index (χ1v) is 5.03. The molecule has 2 rings (SSSR count). The molecule has 0 fully saturated rings. The molecule has 0 saturated heterocycles. The minimum absolute atomic E-state index is 0.174. The van der Waals surface area contributed by atoms with E-state index >= 15 is 0 Å². The zero-order valence-electron chi connectivity index (χ0n) is 9.11. The topological polar surface area (TPSA) is 67.2 Å². The standard InChI is InChI=1S/C10H15N3O2/c1-5-4-7(10(14)15)8-6(2)12-13(3)9(8)11-5/h5,7,11H,4H2,1-3H3,(H,14,15)/t5-,7+/m0/s1. The normalized spacial score (nSPS) is 24.5. The zero-order chi connectivity index (χ0) is 11.2. The van der Waals surface area contributed by atoms with E-state index in [0.29, 0.717) is 6.42 Å². The summed E-state index contributed by atoms with van der Waals surface area (Å²) in [6.07, 6.45) is 0.620. The van der Waals surface area contributed by atoms with Crippen LogP contribution in [0.3, 0.4) is 0 Å². The van der Waals surface area contributed by atoms with E-state index in [2.05, 4.69) is 10.4 Å². The second-order valence-electron chi connectivity index (χ2n) is 4.14. The highest BCUT2D eigenvalue weighted by Crippen LogP contribution is 2.36. The summed E-state index contributed by atoms with van der Waals surface area (Å²) in [6.45, 7) is 3.84. The Balaban J connectivity index is 2.53. The minimum atomic E-state index is -0.763. The summed E-state index contributed by atoms with van der Waals surface area (Å²) < 4.78 is 1.72. The Morgan fingerprint density at radius 3 is 2.93 bits per heavy atom. The van der Waals surface area contributed by atoms with E-state index in [1.165, 1.54) is 0 Å². The number of hydrogen-bond acceptors (Lipinski definition) is 3. The number of nitrogens with zero attached hydrogens (tertiary/aromatic N) is 2. The van der Waals surface area contributed by atoms with Crippen LogP contribution in [0.2, 0.25) is 0 Å². The van der Waals surface area contributed by atoms with Crippen molar-refractivity contribution in [3.63, 3.8) is 0 Å². The Morgan fingerprint density at radius 1 is 1.67 bits per heavy atom. The van der Waals surface area contributed by atoms with Gasteiger partial charge in [-0.15, -0.1) is 0 Å². The maximum atomic E-state index is 11.2. The van der Waals surface area contributed by atoms with E-state index in [1.54, 1.807) is 4.68 Å². The average molecular weight is 209 g/mol. The molecule has 1 aromatic heterocycles. The smallest absolute Gasteiger partial charge is 0.311 e. The largest absolute Gasteiger partial charge is 0.481 e. The molecular weight excluding hydrogens is 194 g/mol. The lowest BCUT2D eigenvalue weighted by Gasteiger charge is -2.27. The van der Waals surface area contributed by atoms with Gasteiger partial charge in [0.2, 0.25) is 0 Å². The maximum Gasteiger partial charge on any atom is 0.311 e. The van der Waals surface area contributed by atoms with Gasteiger partial charge in [-0.05, 0) is 20.3 Å².